The molecular weight excluding hydrogens is 246 g/mol. The highest BCUT2D eigenvalue weighted by atomic mass is 16.5. The maximum atomic E-state index is 11.8. The van der Waals surface area contributed by atoms with E-state index >= 15 is 0 Å². The Hall–Kier alpha value is -1.75. The normalized spacial score (nSPS) is 13.5. The zero-order valence-electron chi connectivity index (χ0n) is 11.8. The van der Waals surface area contributed by atoms with Crippen molar-refractivity contribution in [1.82, 2.24) is 5.32 Å². The second-order valence-electron chi connectivity index (χ2n) is 4.30. The summed E-state index contributed by atoms with van der Waals surface area (Å²) < 4.78 is 15.6. The molecule has 0 spiro atoms. The van der Waals surface area contributed by atoms with Crippen molar-refractivity contribution in [3.63, 3.8) is 0 Å². The average Bonchev–Trinajstić information content (AvgIpc) is 2.39. The van der Waals surface area contributed by atoms with E-state index in [1.54, 1.807) is 45.4 Å². The lowest BCUT2D eigenvalue weighted by Crippen LogP contribution is -2.43. The first kappa shape index (κ1) is 15.3. The highest BCUT2D eigenvalue weighted by Crippen LogP contribution is 2.18. The van der Waals surface area contributed by atoms with Gasteiger partial charge >= 0.3 is 0 Å². The van der Waals surface area contributed by atoms with Gasteiger partial charge in [0.1, 0.15) is 11.5 Å². The number of hydrogen-bond acceptors (Lipinski definition) is 4. The van der Waals surface area contributed by atoms with Gasteiger partial charge in [0.05, 0.1) is 13.7 Å². The fourth-order valence-corrected chi connectivity index (χ4v) is 1.56. The highest BCUT2D eigenvalue weighted by molar-refractivity contribution is 5.80. The summed E-state index contributed by atoms with van der Waals surface area (Å²) in [7, 11) is 3.20. The quantitative estimate of drug-likeness (QED) is 0.815. The largest absolute Gasteiger partial charge is 0.497 e. The zero-order valence-corrected chi connectivity index (χ0v) is 11.8. The fourth-order valence-electron chi connectivity index (χ4n) is 1.56. The van der Waals surface area contributed by atoms with E-state index in [1.165, 1.54) is 0 Å². The van der Waals surface area contributed by atoms with Crippen molar-refractivity contribution in [1.29, 1.82) is 0 Å². The van der Waals surface area contributed by atoms with Gasteiger partial charge in [0.2, 0.25) is 0 Å². The van der Waals surface area contributed by atoms with Crippen molar-refractivity contribution in [3.05, 3.63) is 24.3 Å². The Morgan fingerprint density at radius 2 is 1.74 bits per heavy atom. The molecule has 0 bridgehead atoms. The van der Waals surface area contributed by atoms with Gasteiger partial charge in [-0.15, -0.1) is 0 Å². The number of nitrogens with one attached hydrogen (secondary N) is 1. The van der Waals surface area contributed by atoms with Crippen LogP contribution in [-0.2, 0) is 9.53 Å². The molecule has 1 aromatic carbocycles. The third kappa shape index (κ3) is 5.18. The summed E-state index contributed by atoms with van der Waals surface area (Å²) in [6, 6.07) is 7.06. The predicted octanol–water partition coefficient (Wildman–Crippen LogP) is 1.61. The van der Waals surface area contributed by atoms with Crippen LogP contribution >= 0.6 is 0 Å². The zero-order chi connectivity index (χ0) is 14.3. The smallest absolute Gasteiger partial charge is 0.261 e. The van der Waals surface area contributed by atoms with Crippen molar-refractivity contribution < 1.29 is 19.0 Å². The van der Waals surface area contributed by atoms with Crippen LogP contribution in [0.2, 0.25) is 0 Å². The maximum Gasteiger partial charge on any atom is 0.261 e. The summed E-state index contributed by atoms with van der Waals surface area (Å²) in [5, 5.41) is 2.81. The molecule has 1 aromatic rings. The Balaban J connectivity index is 2.48. The molecular formula is C14H21NO4. The number of carbonyl (C=O) groups is 1. The molecule has 0 aliphatic carbocycles. The van der Waals surface area contributed by atoms with Gasteiger partial charge in [0.15, 0.2) is 6.10 Å². The Kier molecular flexibility index (Phi) is 6.15. The van der Waals surface area contributed by atoms with Crippen LogP contribution in [0.15, 0.2) is 24.3 Å². The first-order valence-electron chi connectivity index (χ1n) is 6.16. The van der Waals surface area contributed by atoms with E-state index in [0.29, 0.717) is 12.4 Å². The van der Waals surface area contributed by atoms with E-state index in [9.17, 15) is 4.79 Å². The van der Waals surface area contributed by atoms with Gasteiger partial charge in [-0.1, -0.05) is 0 Å². The summed E-state index contributed by atoms with van der Waals surface area (Å²) in [6.07, 6.45) is -0.562. The summed E-state index contributed by atoms with van der Waals surface area (Å²) >= 11 is 0. The number of rotatable bonds is 7. The topological polar surface area (TPSA) is 56.8 Å². The summed E-state index contributed by atoms with van der Waals surface area (Å²) in [6.45, 7) is 4.06. The molecule has 0 aromatic heterocycles. The Labute approximate surface area is 113 Å². The van der Waals surface area contributed by atoms with E-state index in [2.05, 4.69) is 5.32 Å². The maximum absolute atomic E-state index is 11.8. The average molecular weight is 267 g/mol. The van der Waals surface area contributed by atoms with Crippen LogP contribution in [-0.4, -0.2) is 38.9 Å². The molecule has 5 nitrogen and oxygen atoms in total. The first-order chi connectivity index (χ1) is 9.06. The van der Waals surface area contributed by atoms with E-state index in [1.807, 2.05) is 6.92 Å². The molecule has 106 valence electrons. The summed E-state index contributed by atoms with van der Waals surface area (Å²) in [5.74, 6) is 1.21. The number of methoxy groups -OCH3 is 2. The third-order valence-corrected chi connectivity index (χ3v) is 2.55. The van der Waals surface area contributed by atoms with Gasteiger partial charge in [-0.25, -0.2) is 0 Å². The number of hydrogen-bond donors (Lipinski definition) is 1. The van der Waals surface area contributed by atoms with E-state index < -0.39 is 6.10 Å². The van der Waals surface area contributed by atoms with E-state index in [4.69, 9.17) is 14.2 Å². The first-order valence-corrected chi connectivity index (χ1v) is 6.16. The second kappa shape index (κ2) is 7.63. The number of amides is 1. The Morgan fingerprint density at radius 3 is 2.26 bits per heavy atom. The van der Waals surface area contributed by atoms with Crippen molar-refractivity contribution in [2.45, 2.75) is 26.0 Å². The lowest BCUT2D eigenvalue weighted by Gasteiger charge is -2.18. The minimum atomic E-state index is -0.562. The van der Waals surface area contributed by atoms with Gasteiger partial charge in [-0.05, 0) is 38.1 Å². The molecule has 5 heteroatoms. The molecule has 0 unspecified atom stereocenters. The number of benzene rings is 1. The standard InChI is InChI=1S/C14H21NO4/c1-10(9-17-3)15-14(16)11(2)19-13-7-5-12(18-4)6-8-13/h5-8,10-11H,9H2,1-4H3,(H,15,16)/t10-,11-/m0/s1. The van der Waals surface area contributed by atoms with Crippen LogP contribution in [0.3, 0.4) is 0 Å². The van der Waals surface area contributed by atoms with Crippen LogP contribution in [0.4, 0.5) is 0 Å². The van der Waals surface area contributed by atoms with Crippen molar-refractivity contribution in [3.8, 4) is 11.5 Å². The molecule has 0 saturated heterocycles. The number of carbonyl (C=O) groups excluding carboxylic acids is 1. The van der Waals surface area contributed by atoms with Crippen LogP contribution in [0.25, 0.3) is 0 Å². The highest BCUT2D eigenvalue weighted by Gasteiger charge is 2.16. The van der Waals surface area contributed by atoms with Crippen LogP contribution < -0.4 is 14.8 Å². The fraction of sp³-hybridized carbons (Fsp3) is 0.500. The van der Waals surface area contributed by atoms with E-state index in [-0.39, 0.29) is 11.9 Å². The Bertz CT molecular complexity index is 391. The molecule has 0 aliphatic heterocycles. The van der Waals surface area contributed by atoms with Crippen LogP contribution in [0.1, 0.15) is 13.8 Å². The molecule has 19 heavy (non-hydrogen) atoms. The van der Waals surface area contributed by atoms with Crippen molar-refractivity contribution in [2.75, 3.05) is 20.8 Å². The van der Waals surface area contributed by atoms with Gasteiger partial charge < -0.3 is 19.5 Å². The monoisotopic (exact) mass is 267 g/mol. The molecule has 1 rings (SSSR count). The van der Waals surface area contributed by atoms with E-state index in [0.717, 1.165) is 5.75 Å². The summed E-state index contributed by atoms with van der Waals surface area (Å²) in [5.41, 5.74) is 0. The lowest BCUT2D eigenvalue weighted by atomic mass is 10.3. The molecule has 0 heterocycles. The van der Waals surface area contributed by atoms with Crippen LogP contribution in [0.5, 0.6) is 11.5 Å². The minimum absolute atomic E-state index is 0.0422. The second-order valence-corrected chi connectivity index (χ2v) is 4.30. The molecule has 1 amide bonds. The SMILES string of the molecule is COC[C@H](C)NC(=O)[C@H](C)Oc1ccc(OC)cc1. The van der Waals surface area contributed by atoms with Gasteiger partial charge in [0, 0.05) is 13.2 Å². The van der Waals surface area contributed by atoms with Gasteiger partial charge in [-0.2, -0.15) is 0 Å². The van der Waals surface area contributed by atoms with Crippen LogP contribution in [0, 0.1) is 0 Å². The molecule has 0 saturated carbocycles. The van der Waals surface area contributed by atoms with Gasteiger partial charge in [-0.3, -0.25) is 4.79 Å². The molecule has 2 atom stereocenters. The molecule has 0 fully saturated rings. The molecule has 0 radical (unpaired) electrons. The van der Waals surface area contributed by atoms with Crippen molar-refractivity contribution >= 4 is 5.91 Å². The minimum Gasteiger partial charge on any atom is -0.497 e. The van der Waals surface area contributed by atoms with Gasteiger partial charge in [0.25, 0.3) is 5.91 Å². The summed E-state index contributed by atoms with van der Waals surface area (Å²) in [4.78, 5) is 11.8. The molecule has 0 aliphatic rings. The third-order valence-electron chi connectivity index (χ3n) is 2.55. The molecule has 1 N–H and O–H groups in total. The Morgan fingerprint density at radius 1 is 1.16 bits per heavy atom. The van der Waals surface area contributed by atoms with Crippen molar-refractivity contribution in [2.24, 2.45) is 0 Å². The lowest BCUT2D eigenvalue weighted by molar-refractivity contribution is -0.128. The predicted molar refractivity (Wildman–Crippen MR) is 72.6 cm³/mol. The number of ether oxygens (including phenoxy) is 3.